The monoisotopic (exact) mass is 181 g/mol. The second kappa shape index (κ2) is 4.28. The first kappa shape index (κ1) is 10.1. The molecule has 0 spiro atoms. The minimum atomic E-state index is 0.188. The molecule has 0 saturated carbocycles. The number of aromatic nitrogens is 3. The first-order valence-electron chi connectivity index (χ1n) is 4.26. The van der Waals surface area contributed by atoms with Gasteiger partial charge in [0.25, 0.3) is 0 Å². The Morgan fingerprint density at radius 1 is 1.23 bits per heavy atom. The fraction of sp³-hybridized carbons (Fsp3) is 0.667. The van der Waals surface area contributed by atoms with Gasteiger partial charge in [0.2, 0.25) is 0 Å². The quantitative estimate of drug-likeness (QED) is 0.707. The first-order valence-corrected chi connectivity index (χ1v) is 4.26. The van der Waals surface area contributed by atoms with Crippen LogP contribution in [0.3, 0.4) is 0 Å². The van der Waals surface area contributed by atoms with Gasteiger partial charge in [0.15, 0.2) is 5.82 Å². The van der Waals surface area contributed by atoms with Gasteiger partial charge in [-0.25, -0.2) is 15.0 Å². The van der Waals surface area contributed by atoms with Crippen LogP contribution in [0.2, 0.25) is 0 Å². The Morgan fingerprint density at radius 2 is 1.85 bits per heavy atom. The molecule has 0 aliphatic heterocycles. The second-order valence-corrected chi connectivity index (χ2v) is 4.11. The summed E-state index contributed by atoms with van der Waals surface area (Å²) in [7, 11) is 0. The zero-order chi connectivity index (χ0) is 9.73. The number of ether oxygens (including phenoxy) is 1. The van der Waals surface area contributed by atoms with Crippen molar-refractivity contribution < 1.29 is 4.74 Å². The smallest absolute Gasteiger partial charge is 0.157 e. The molecule has 0 atom stereocenters. The molecule has 72 valence electrons. The molecule has 0 aliphatic rings. The summed E-state index contributed by atoms with van der Waals surface area (Å²) in [6, 6.07) is 0. The summed E-state index contributed by atoms with van der Waals surface area (Å²) in [6.45, 7) is 7.54. The van der Waals surface area contributed by atoms with Crippen molar-refractivity contribution in [1.29, 1.82) is 0 Å². The molecule has 0 saturated heterocycles. The highest BCUT2D eigenvalue weighted by molar-refractivity contribution is 4.77. The van der Waals surface area contributed by atoms with Crippen LogP contribution >= 0.6 is 0 Å². The summed E-state index contributed by atoms with van der Waals surface area (Å²) in [5, 5.41) is 0. The van der Waals surface area contributed by atoms with E-state index in [0.717, 1.165) is 0 Å². The maximum Gasteiger partial charge on any atom is 0.157 e. The van der Waals surface area contributed by atoms with Crippen molar-refractivity contribution >= 4 is 0 Å². The van der Waals surface area contributed by atoms with Gasteiger partial charge in [-0.1, -0.05) is 20.8 Å². The zero-order valence-corrected chi connectivity index (χ0v) is 8.32. The number of nitrogens with zero attached hydrogens (tertiary/aromatic N) is 3. The SMILES string of the molecule is CC(C)(C)COCc1ncncn1. The highest BCUT2D eigenvalue weighted by atomic mass is 16.5. The molecule has 4 heteroatoms. The van der Waals surface area contributed by atoms with Crippen LogP contribution in [-0.4, -0.2) is 21.6 Å². The maximum atomic E-state index is 5.43. The summed E-state index contributed by atoms with van der Waals surface area (Å²) in [4.78, 5) is 11.6. The first-order chi connectivity index (χ1) is 6.08. The summed E-state index contributed by atoms with van der Waals surface area (Å²) in [5.74, 6) is 0.680. The molecule has 0 radical (unpaired) electrons. The molecule has 1 rings (SSSR count). The average molecular weight is 181 g/mol. The van der Waals surface area contributed by atoms with E-state index in [2.05, 4.69) is 35.7 Å². The van der Waals surface area contributed by atoms with Crippen molar-refractivity contribution in [3.8, 4) is 0 Å². The van der Waals surface area contributed by atoms with E-state index < -0.39 is 0 Å². The second-order valence-electron chi connectivity index (χ2n) is 4.11. The molecule has 4 nitrogen and oxygen atoms in total. The third-order valence-corrected chi connectivity index (χ3v) is 1.31. The molecule has 0 amide bonds. The normalized spacial score (nSPS) is 11.6. The molecule has 0 aromatic carbocycles. The van der Waals surface area contributed by atoms with Crippen LogP contribution in [0, 0.1) is 5.41 Å². The topological polar surface area (TPSA) is 47.9 Å². The van der Waals surface area contributed by atoms with Crippen molar-refractivity contribution in [2.24, 2.45) is 5.41 Å². The van der Waals surface area contributed by atoms with Crippen molar-refractivity contribution in [1.82, 2.24) is 15.0 Å². The average Bonchev–Trinajstić information content (AvgIpc) is 2.04. The highest BCUT2D eigenvalue weighted by Gasteiger charge is 2.10. The third-order valence-electron chi connectivity index (χ3n) is 1.31. The van der Waals surface area contributed by atoms with E-state index in [4.69, 9.17) is 4.74 Å². The van der Waals surface area contributed by atoms with E-state index in [0.29, 0.717) is 19.0 Å². The summed E-state index contributed by atoms with van der Waals surface area (Å²) in [6.07, 6.45) is 2.95. The van der Waals surface area contributed by atoms with Crippen LogP contribution in [0.1, 0.15) is 26.6 Å². The van der Waals surface area contributed by atoms with E-state index in [-0.39, 0.29) is 5.41 Å². The van der Waals surface area contributed by atoms with Gasteiger partial charge in [-0.15, -0.1) is 0 Å². The van der Waals surface area contributed by atoms with E-state index in [9.17, 15) is 0 Å². The van der Waals surface area contributed by atoms with E-state index in [1.165, 1.54) is 12.7 Å². The Morgan fingerprint density at radius 3 is 2.38 bits per heavy atom. The molecule has 0 bridgehead atoms. The molecule has 0 N–H and O–H groups in total. The van der Waals surface area contributed by atoms with Gasteiger partial charge in [0.1, 0.15) is 19.3 Å². The third kappa shape index (κ3) is 4.52. The lowest BCUT2D eigenvalue weighted by molar-refractivity contribution is 0.0560. The minimum absolute atomic E-state index is 0.188. The maximum absolute atomic E-state index is 5.43. The lowest BCUT2D eigenvalue weighted by atomic mass is 9.99. The van der Waals surface area contributed by atoms with E-state index in [1.54, 1.807) is 0 Å². The standard InChI is InChI=1S/C9H15N3O/c1-9(2,3)5-13-4-8-11-6-10-7-12-8/h6-7H,4-5H2,1-3H3. The fourth-order valence-corrected chi connectivity index (χ4v) is 0.786. The molecule has 0 fully saturated rings. The van der Waals surface area contributed by atoms with E-state index >= 15 is 0 Å². The van der Waals surface area contributed by atoms with Gasteiger partial charge in [-0.3, -0.25) is 0 Å². The highest BCUT2D eigenvalue weighted by Crippen LogP contribution is 2.13. The number of rotatable bonds is 3. The molecule has 1 aromatic rings. The Labute approximate surface area is 78.4 Å². The minimum Gasteiger partial charge on any atom is -0.373 e. The molecular weight excluding hydrogens is 166 g/mol. The molecule has 0 unspecified atom stereocenters. The predicted molar refractivity (Wildman–Crippen MR) is 48.9 cm³/mol. The molecule has 13 heavy (non-hydrogen) atoms. The van der Waals surface area contributed by atoms with E-state index in [1.807, 2.05) is 0 Å². The van der Waals surface area contributed by atoms with Gasteiger partial charge >= 0.3 is 0 Å². The Kier molecular flexibility index (Phi) is 3.31. The van der Waals surface area contributed by atoms with Crippen LogP contribution in [-0.2, 0) is 11.3 Å². The lowest BCUT2D eigenvalue weighted by Crippen LogP contribution is -2.15. The van der Waals surface area contributed by atoms with Gasteiger partial charge in [0, 0.05) is 0 Å². The van der Waals surface area contributed by atoms with Crippen molar-refractivity contribution in [3.63, 3.8) is 0 Å². The Hall–Kier alpha value is -1.03. The number of hydrogen-bond donors (Lipinski definition) is 0. The Bertz CT molecular complexity index is 243. The zero-order valence-electron chi connectivity index (χ0n) is 8.32. The van der Waals surface area contributed by atoms with Gasteiger partial charge in [0.05, 0.1) is 6.61 Å². The predicted octanol–water partition coefficient (Wildman–Crippen LogP) is 1.43. The van der Waals surface area contributed by atoms with Crippen molar-refractivity contribution in [2.75, 3.05) is 6.61 Å². The molecular formula is C9H15N3O. The number of hydrogen-bond acceptors (Lipinski definition) is 4. The van der Waals surface area contributed by atoms with Crippen LogP contribution in [0.5, 0.6) is 0 Å². The van der Waals surface area contributed by atoms with Crippen LogP contribution in [0.25, 0.3) is 0 Å². The molecule has 0 aliphatic carbocycles. The lowest BCUT2D eigenvalue weighted by Gasteiger charge is -2.17. The summed E-state index contributed by atoms with van der Waals surface area (Å²) in [5.41, 5.74) is 0.188. The van der Waals surface area contributed by atoms with Gasteiger partial charge in [-0.05, 0) is 5.41 Å². The van der Waals surface area contributed by atoms with Crippen LogP contribution < -0.4 is 0 Å². The van der Waals surface area contributed by atoms with Crippen molar-refractivity contribution in [2.45, 2.75) is 27.4 Å². The van der Waals surface area contributed by atoms with Crippen LogP contribution in [0.4, 0.5) is 0 Å². The summed E-state index contributed by atoms with van der Waals surface area (Å²) >= 11 is 0. The van der Waals surface area contributed by atoms with Gasteiger partial charge in [-0.2, -0.15) is 0 Å². The Balaban J connectivity index is 2.29. The largest absolute Gasteiger partial charge is 0.373 e. The van der Waals surface area contributed by atoms with Gasteiger partial charge < -0.3 is 4.74 Å². The molecule has 1 heterocycles. The van der Waals surface area contributed by atoms with Crippen LogP contribution in [0.15, 0.2) is 12.7 Å². The fourth-order valence-electron chi connectivity index (χ4n) is 0.786. The summed E-state index contributed by atoms with van der Waals surface area (Å²) < 4.78 is 5.43. The molecule has 1 aromatic heterocycles. The van der Waals surface area contributed by atoms with Crippen molar-refractivity contribution in [3.05, 3.63) is 18.5 Å².